The molecule has 19 heavy (non-hydrogen) atoms. The van der Waals surface area contributed by atoms with Crippen LogP contribution in [0.25, 0.3) is 0 Å². The largest absolute Gasteiger partial charge is 0.481 e. The number of aryl methyl sites for hydroxylation is 2. The minimum Gasteiger partial charge on any atom is -0.481 e. The summed E-state index contributed by atoms with van der Waals surface area (Å²) in [5.41, 5.74) is 3.09. The molecule has 3 nitrogen and oxygen atoms in total. The highest BCUT2D eigenvalue weighted by atomic mass is 16.5. The fourth-order valence-electron chi connectivity index (χ4n) is 3.26. The normalized spacial score (nSPS) is 19.0. The van der Waals surface area contributed by atoms with Crippen molar-refractivity contribution in [1.29, 1.82) is 0 Å². The second-order valence-corrected chi connectivity index (χ2v) is 6.03. The number of ether oxygens (including phenoxy) is 1. The zero-order valence-corrected chi connectivity index (χ0v) is 12.1. The molecule has 1 atom stereocenters. The van der Waals surface area contributed by atoms with Crippen LogP contribution >= 0.6 is 0 Å². The van der Waals surface area contributed by atoms with Crippen LogP contribution in [0, 0.1) is 25.7 Å². The van der Waals surface area contributed by atoms with Gasteiger partial charge in [-0.2, -0.15) is 0 Å². The highest BCUT2D eigenvalue weighted by molar-refractivity contribution is 5.73. The summed E-state index contributed by atoms with van der Waals surface area (Å²) in [6.45, 7) is 9.06. The van der Waals surface area contributed by atoms with E-state index < -0.39 is 11.9 Å². The molecule has 1 unspecified atom stereocenters. The first kappa shape index (κ1) is 14.1. The summed E-state index contributed by atoms with van der Waals surface area (Å²) in [7, 11) is 0. The van der Waals surface area contributed by atoms with Crippen LogP contribution in [0.4, 0.5) is 0 Å². The quantitative estimate of drug-likeness (QED) is 0.907. The number of carboxylic acid groups (broad SMARTS) is 1. The summed E-state index contributed by atoms with van der Waals surface area (Å²) in [5.74, 6) is -1.04. The van der Waals surface area contributed by atoms with Gasteiger partial charge >= 0.3 is 5.97 Å². The number of carbonyl (C=O) groups is 1. The van der Waals surface area contributed by atoms with E-state index in [4.69, 9.17) is 4.74 Å². The summed E-state index contributed by atoms with van der Waals surface area (Å²) in [4.78, 5) is 11.7. The van der Waals surface area contributed by atoms with Crippen LogP contribution in [0.1, 0.15) is 30.5 Å². The summed E-state index contributed by atoms with van der Waals surface area (Å²) in [6.07, 6.45) is 0. The maximum atomic E-state index is 11.7. The predicted molar refractivity (Wildman–Crippen MR) is 74.4 cm³/mol. The van der Waals surface area contributed by atoms with E-state index in [9.17, 15) is 9.90 Å². The van der Waals surface area contributed by atoms with Gasteiger partial charge in [-0.25, -0.2) is 0 Å². The van der Waals surface area contributed by atoms with Crippen molar-refractivity contribution in [2.45, 2.75) is 33.1 Å². The zero-order valence-electron chi connectivity index (χ0n) is 12.1. The van der Waals surface area contributed by atoms with Gasteiger partial charge in [0.05, 0.1) is 24.5 Å². The molecular weight excluding hydrogens is 240 g/mol. The Morgan fingerprint density at radius 3 is 2.37 bits per heavy atom. The van der Waals surface area contributed by atoms with E-state index in [1.54, 1.807) is 0 Å². The third-order valence-corrected chi connectivity index (χ3v) is 4.18. The Morgan fingerprint density at radius 2 is 1.95 bits per heavy atom. The lowest BCUT2D eigenvalue weighted by atomic mass is 9.63. The maximum Gasteiger partial charge on any atom is 0.307 e. The van der Waals surface area contributed by atoms with E-state index in [-0.39, 0.29) is 11.3 Å². The molecule has 0 aliphatic carbocycles. The number of benzene rings is 1. The van der Waals surface area contributed by atoms with Crippen LogP contribution < -0.4 is 0 Å². The van der Waals surface area contributed by atoms with E-state index >= 15 is 0 Å². The molecule has 3 heteroatoms. The Kier molecular flexibility index (Phi) is 3.68. The highest BCUT2D eigenvalue weighted by Crippen LogP contribution is 2.44. The molecule has 0 amide bonds. The van der Waals surface area contributed by atoms with Crippen molar-refractivity contribution < 1.29 is 14.6 Å². The SMILES string of the molecule is Cc1ccc(C)c(C2(C(C(=O)O)C(C)C)COC2)c1. The number of hydrogen-bond donors (Lipinski definition) is 1. The molecule has 0 saturated carbocycles. The first-order valence-corrected chi connectivity index (χ1v) is 6.77. The standard InChI is InChI=1S/C16H22O3/c1-10(2)14(15(17)18)16(8-19-9-16)13-7-11(3)5-6-12(13)4/h5-7,10,14H,8-9H2,1-4H3,(H,17,18). The van der Waals surface area contributed by atoms with Crippen LogP contribution in [0.3, 0.4) is 0 Å². The maximum absolute atomic E-state index is 11.7. The molecule has 0 radical (unpaired) electrons. The van der Waals surface area contributed by atoms with Crippen LogP contribution in [-0.4, -0.2) is 24.3 Å². The van der Waals surface area contributed by atoms with Gasteiger partial charge in [0, 0.05) is 0 Å². The monoisotopic (exact) mass is 262 g/mol. The van der Waals surface area contributed by atoms with Gasteiger partial charge in [0.2, 0.25) is 0 Å². The van der Waals surface area contributed by atoms with Crippen molar-refractivity contribution >= 4 is 5.97 Å². The van der Waals surface area contributed by atoms with Crippen molar-refractivity contribution in [1.82, 2.24) is 0 Å². The van der Waals surface area contributed by atoms with Crippen molar-refractivity contribution in [3.63, 3.8) is 0 Å². The lowest BCUT2D eigenvalue weighted by molar-refractivity contribution is -0.161. The van der Waals surface area contributed by atoms with Crippen LogP contribution in [-0.2, 0) is 14.9 Å². The average Bonchev–Trinajstić information content (AvgIpc) is 2.25. The Hall–Kier alpha value is -1.35. The first-order valence-electron chi connectivity index (χ1n) is 6.77. The fourth-order valence-corrected chi connectivity index (χ4v) is 3.26. The molecule has 2 rings (SSSR count). The molecule has 1 fully saturated rings. The lowest BCUT2D eigenvalue weighted by Gasteiger charge is -2.48. The summed E-state index contributed by atoms with van der Waals surface area (Å²) < 4.78 is 5.41. The smallest absolute Gasteiger partial charge is 0.307 e. The number of rotatable bonds is 4. The molecule has 1 aromatic rings. The predicted octanol–water partition coefficient (Wildman–Crippen LogP) is 2.93. The Labute approximate surface area is 114 Å². The molecule has 0 aromatic heterocycles. The minimum atomic E-state index is -0.723. The van der Waals surface area contributed by atoms with E-state index in [0.29, 0.717) is 13.2 Å². The lowest BCUT2D eigenvalue weighted by Crippen LogP contribution is -2.56. The highest BCUT2D eigenvalue weighted by Gasteiger charge is 2.52. The number of carboxylic acids is 1. The van der Waals surface area contributed by atoms with E-state index in [1.165, 1.54) is 5.56 Å². The molecule has 1 heterocycles. The average molecular weight is 262 g/mol. The molecule has 0 bridgehead atoms. The van der Waals surface area contributed by atoms with Gasteiger partial charge in [-0.15, -0.1) is 0 Å². The van der Waals surface area contributed by atoms with Gasteiger partial charge in [-0.05, 0) is 30.9 Å². The molecule has 1 saturated heterocycles. The molecule has 104 valence electrons. The van der Waals surface area contributed by atoms with Crippen molar-refractivity contribution in [2.75, 3.05) is 13.2 Å². The molecule has 1 aromatic carbocycles. The second kappa shape index (κ2) is 4.97. The summed E-state index contributed by atoms with van der Waals surface area (Å²) >= 11 is 0. The van der Waals surface area contributed by atoms with Gasteiger partial charge in [0.25, 0.3) is 0 Å². The molecule has 0 spiro atoms. The zero-order chi connectivity index (χ0) is 14.2. The number of aliphatic carboxylic acids is 1. The van der Waals surface area contributed by atoms with Crippen molar-refractivity contribution in [3.8, 4) is 0 Å². The van der Waals surface area contributed by atoms with E-state index in [0.717, 1.165) is 11.1 Å². The van der Waals surface area contributed by atoms with Gasteiger partial charge in [0.1, 0.15) is 0 Å². The van der Waals surface area contributed by atoms with Gasteiger partial charge in [-0.1, -0.05) is 37.6 Å². The summed E-state index contributed by atoms with van der Waals surface area (Å²) in [6, 6.07) is 6.26. The minimum absolute atomic E-state index is 0.0845. The third kappa shape index (κ3) is 2.27. The van der Waals surface area contributed by atoms with Crippen LogP contribution in [0.2, 0.25) is 0 Å². The molecule has 1 N–H and O–H groups in total. The van der Waals surface area contributed by atoms with Crippen LogP contribution in [0.15, 0.2) is 18.2 Å². The molecule has 1 aliphatic rings. The summed E-state index contributed by atoms with van der Waals surface area (Å²) in [5, 5.41) is 9.61. The van der Waals surface area contributed by atoms with Gasteiger partial charge in [-0.3, -0.25) is 4.79 Å². The van der Waals surface area contributed by atoms with Crippen molar-refractivity contribution in [2.24, 2.45) is 11.8 Å². The Bertz CT molecular complexity index is 487. The first-order chi connectivity index (χ1) is 8.88. The molecular formula is C16H22O3. The van der Waals surface area contributed by atoms with Gasteiger partial charge in [0.15, 0.2) is 0 Å². The topological polar surface area (TPSA) is 46.5 Å². The Balaban J connectivity index is 2.53. The van der Waals surface area contributed by atoms with Gasteiger partial charge < -0.3 is 9.84 Å². The van der Waals surface area contributed by atoms with E-state index in [2.05, 4.69) is 18.2 Å². The number of hydrogen-bond acceptors (Lipinski definition) is 2. The fraction of sp³-hybridized carbons (Fsp3) is 0.562. The van der Waals surface area contributed by atoms with E-state index in [1.807, 2.05) is 27.7 Å². The van der Waals surface area contributed by atoms with Crippen LogP contribution in [0.5, 0.6) is 0 Å². The Morgan fingerprint density at radius 1 is 1.32 bits per heavy atom. The third-order valence-electron chi connectivity index (χ3n) is 4.18. The molecule has 1 aliphatic heterocycles. The second-order valence-electron chi connectivity index (χ2n) is 6.03. The van der Waals surface area contributed by atoms with Crippen molar-refractivity contribution in [3.05, 3.63) is 34.9 Å².